The highest BCUT2D eigenvalue weighted by atomic mass is 15.3. The van der Waals surface area contributed by atoms with Crippen LogP contribution in [-0.4, -0.2) is 48.1 Å². The van der Waals surface area contributed by atoms with Crippen LogP contribution >= 0.6 is 0 Å². The van der Waals surface area contributed by atoms with Crippen LogP contribution in [0.4, 0.5) is 0 Å². The summed E-state index contributed by atoms with van der Waals surface area (Å²) in [6.07, 6.45) is 11.7. The first kappa shape index (κ1) is 14.8. The van der Waals surface area contributed by atoms with Gasteiger partial charge in [-0.25, -0.2) is 0 Å². The van der Waals surface area contributed by atoms with Crippen molar-refractivity contribution in [3.63, 3.8) is 0 Å². The van der Waals surface area contributed by atoms with E-state index < -0.39 is 0 Å². The molecule has 1 saturated carbocycles. The second kappa shape index (κ2) is 6.79. The molecule has 2 heterocycles. The van der Waals surface area contributed by atoms with Crippen LogP contribution in [0.2, 0.25) is 0 Å². The monoisotopic (exact) mass is 278 g/mol. The van der Waals surface area contributed by atoms with Gasteiger partial charge in [-0.1, -0.05) is 33.1 Å². The first-order chi connectivity index (χ1) is 9.75. The maximum Gasteiger partial charge on any atom is 0.0223 e. The molecule has 3 rings (SSSR count). The number of hydrogen-bond donors (Lipinski definition) is 0. The molecule has 3 aliphatic rings. The van der Waals surface area contributed by atoms with Crippen LogP contribution in [0.15, 0.2) is 0 Å². The van der Waals surface area contributed by atoms with Crippen molar-refractivity contribution in [1.82, 2.24) is 9.80 Å². The fraction of sp³-hybridized carbons (Fsp3) is 1.00. The third-order valence-electron chi connectivity index (χ3n) is 6.19. The molecule has 2 aliphatic heterocycles. The Kier molecular flexibility index (Phi) is 5.04. The van der Waals surface area contributed by atoms with E-state index in [1.54, 1.807) is 0 Å². The maximum atomic E-state index is 2.92. The number of fused-ring (bicyclic) bond motifs is 1. The smallest absolute Gasteiger partial charge is 0.0223 e. The number of rotatable bonds is 2. The topological polar surface area (TPSA) is 6.48 Å². The molecular weight excluding hydrogens is 244 g/mol. The van der Waals surface area contributed by atoms with Crippen molar-refractivity contribution in [3.8, 4) is 0 Å². The molecule has 0 N–H and O–H groups in total. The summed E-state index contributed by atoms with van der Waals surface area (Å²) in [5.41, 5.74) is 0. The molecule has 0 aromatic heterocycles. The predicted octanol–water partition coefficient (Wildman–Crippen LogP) is 3.76. The summed E-state index contributed by atoms with van der Waals surface area (Å²) in [6.45, 7) is 10.4. The zero-order chi connectivity index (χ0) is 13.9. The highest BCUT2D eigenvalue weighted by molar-refractivity contribution is 4.90. The highest BCUT2D eigenvalue weighted by Crippen LogP contribution is 2.35. The van der Waals surface area contributed by atoms with Gasteiger partial charge in [0.25, 0.3) is 0 Å². The van der Waals surface area contributed by atoms with Crippen molar-refractivity contribution in [3.05, 3.63) is 0 Å². The second-order valence-electron chi connectivity index (χ2n) is 7.79. The highest BCUT2D eigenvalue weighted by Gasteiger charge is 2.35. The molecule has 3 atom stereocenters. The first-order valence-corrected chi connectivity index (χ1v) is 9.24. The Morgan fingerprint density at radius 3 is 2.30 bits per heavy atom. The normalized spacial score (nSPS) is 37.6. The first-order valence-electron chi connectivity index (χ1n) is 9.24. The molecule has 3 unspecified atom stereocenters. The summed E-state index contributed by atoms with van der Waals surface area (Å²) in [6, 6.07) is 1.77. The molecule has 0 aromatic rings. The third-order valence-corrected chi connectivity index (χ3v) is 6.19. The lowest BCUT2D eigenvalue weighted by atomic mass is 9.77. The van der Waals surface area contributed by atoms with Gasteiger partial charge >= 0.3 is 0 Å². The fourth-order valence-corrected chi connectivity index (χ4v) is 5.07. The van der Waals surface area contributed by atoms with Gasteiger partial charge in [-0.15, -0.1) is 0 Å². The summed E-state index contributed by atoms with van der Waals surface area (Å²) in [7, 11) is 0. The molecule has 2 nitrogen and oxygen atoms in total. The average molecular weight is 278 g/mol. The zero-order valence-corrected chi connectivity index (χ0v) is 13.7. The van der Waals surface area contributed by atoms with E-state index in [4.69, 9.17) is 0 Å². The second-order valence-corrected chi connectivity index (χ2v) is 7.79. The van der Waals surface area contributed by atoms with Crippen molar-refractivity contribution in [1.29, 1.82) is 0 Å². The molecular formula is C18H34N2. The minimum Gasteiger partial charge on any atom is -0.299 e. The molecule has 0 aromatic carbocycles. The number of nitrogens with zero attached hydrogens (tertiary/aromatic N) is 2. The van der Waals surface area contributed by atoms with Crippen LogP contribution in [0, 0.1) is 11.8 Å². The van der Waals surface area contributed by atoms with Crippen LogP contribution in [0.5, 0.6) is 0 Å². The summed E-state index contributed by atoms with van der Waals surface area (Å²) in [5.74, 6) is 1.82. The van der Waals surface area contributed by atoms with Crippen molar-refractivity contribution in [2.24, 2.45) is 11.8 Å². The van der Waals surface area contributed by atoms with Gasteiger partial charge < -0.3 is 0 Å². The SMILES string of the molecule is CC(C)C1CCCCC1N1CCCN2CCCCC2C1. The van der Waals surface area contributed by atoms with Crippen LogP contribution < -0.4 is 0 Å². The van der Waals surface area contributed by atoms with E-state index in [-0.39, 0.29) is 0 Å². The van der Waals surface area contributed by atoms with Crippen LogP contribution in [-0.2, 0) is 0 Å². The van der Waals surface area contributed by atoms with Crippen molar-refractivity contribution >= 4 is 0 Å². The van der Waals surface area contributed by atoms with Gasteiger partial charge in [0, 0.05) is 18.6 Å². The fourth-order valence-electron chi connectivity index (χ4n) is 5.07. The molecule has 2 saturated heterocycles. The van der Waals surface area contributed by atoms with Gasteiger partial charge in [0.2, 0.25) is 0 Å². The van der Waals surface area contributed by atoms with Gasteiger partial charge in [0.05, 0.1) is 0 Å². The van der Waals surface area contributed by atoms with Gasteiger partial charge in [0.1, 0.15) is 0 Å². The predicted molar refractivity (Wildman–Crippen MR) is 86.0 cm³/mol. The Bertz CT molecular complexity index is 302. The minimum absolute atomic E-state index is 0.867. The van der Waals surface area contributed by atoms with E-state index in [0.29, 0.717) is 0 Å². The summed E-state index contributed by atoms with van der Waals surface area (Å²) >= 11 is 0. The Morgan fingerprint density at radius 2 is 1.45 bits per heavy atom. The van der Waals surface area contributed by atoms with Gasteiger partial charge in [-0.2, -0.15) is 0 Å². The van der Waals surface area contributed by atoms with Crippen molar-refractivity contribution < 1.29 is 0 Å². The van der Waals surface area contributed by atoms with Gasteiger partial charge in [-0.05, 0) is 63.6 Å². The summed E-state index contributed by atoms with van der Waals surface area (Å²) < 4.78 is 0. The Labute approximate surface area is 125 Å². The van der Waals surface area contributed by atoms with Gasteiger partial charge in [-0.3, -0.25) is 9.80 Å². The molecule has 0 bridgehead atoms. The van der Waals surface area contributed by atoms with E-state index in [0.717, 1.165) is 23.9 Å². The molecule has 2 heteroatoms. The Balaban J connectivity index is 1.68. The third kappa shape index (κ3) is 3.22. The standard InChI is InChI=1S/C18H34N2/c1-15(2)17-9-3-4-10-18(17)20-13-7-12-19-11-6-5-8-16(19)14-20/h15-18H,3-14H2,1-2H3. The summed E-state index contributed by atoms with van der Waals surface area (Å²) in [4.78, 5) is 5.72. The number of piperidine rings is 1. The van der Waals surface area contributed by atoms with E-state index in [2.05, 4.69) is 23.6 Å². The Morgan fingerprint density at radius 1 is 0.750 bits per heavy atom. The molecule has 20 heavy (non-hydrogen) atoms. The van der Waals surface area contributed by atoms with E-state index in [1.165, 1.54) is 77.5 Å². The molecule has 3 fully saturated rings. The number of hydrogen-bond acceptors (Lipinski definition) is 2. The molecule has 0 amide bonds. The maximum absolute atomic E-state index is 2.92. The molecule has 116 valence electrons. The molecule has 1 aliphatic carbocycles. The Hall–Kier alpha value is -0.0800. The zero-order valence-electron chi connectivity index (χ0n) is 13.7. The van der Waals surface area contributed by atoms with E-state index in [1.807, 2.05) is 0 Å². The van der Waals surface area contributed by atoms with Crippen LogP contribution in [0.25, 0.3) is 0 Å². The van der Waals surface area contributed by atoms with E-state index in [9.17, 15) is 0 Å². The van der Waals surface area contributed by atoms with Crippen LogP contribution in [0.1, 0.15) is 65.2 Å². The van der Waals surface area contributed by atoms with Crippen molar-refractivity contribution in [2.45, 2.75) is 77.3 Å². The van der Waals surface area contributed by atoms with Crippen LogP contribution in [0.3, 0.4) is 0 Å². The quantitative estimate of drug-likeness (QED) is 0.759. The lowest BCUT2D eigenvalue weighted by molar-refractivity contribution is 0.0602. The lowest BCUT2D eigenvalue weighted by Gasteiger charge is -2.43. The lowest BCUT2D eigenvalue weighted by Crippen LogP contribution is -2.49. The summed E-state index contributed by atoms with van der Waals surface area (Å²) in [5, 5.41) is 0. The van der Waals surface area contributed by atoms with Gasteiger partial charge in [0.15, 0.2) is 0 Å². The largest absolute Gasteiger partial charge is 0.299 e. The minimum atomic E-state index is 0.867. The average Bonchev–Trinajstić information content (AvgIpc) is 2.69. The van der Waals surface area contributed by atoms with E-state index >= 15 is 0 Å². The van der Waals surface area contributed by atoms with Crippen molar-refractivity contribution in [2.75, 3.05) is 26.2 Å². The molecule has 0 spiro atoms. The molecule has 0 radical (unpaired) electrons.